The van der Waals surface area contributed by atoms with Crippen LogP contribution in [0.3, 0.4) is 0 Å². The lowest BCUT2D eigenvalue weighted by Gasteiger charge is -2.15. The molecule has 0 spiro atoms. The Morgan fingerprint density at radius 3 is 2.25 bits per heavy atom. The number of rotatable bonds is 8. The van der Waals surface area contributed by atoms with Gasteiger partial charge in [0.1, 0.15) is 0 Å². The number of benzene rings is 2. The van der Waals surface area contributed by atoms with E-state index in [2.05, 4.69) is 0 Å². The molecule has 7 heteroatoms. The summed E-state index contributed by atoms with van der Waals surface area (Å²) < 4.78 is 36.5. The number of allylic oxidation sites excluding steroid dienone is 1. The summed E-state index contributed by atoms with van der Waals surface area (Å²) in [6.07, 6.45) is 3.04. The molecule has 0 N–H and O–H groups in total. The zero-order valence-electron chi connectivity index (χ0n) is 16.7. The zero-order chi connectivity index (χ0) is 20.9. The van der Waals surface area contributed by atoms with E-state index in [1.54, 1.807) is 19.3 Å². The van der Waals surface area contributed by atoms with Gasteiger partial charge in [-0.1, -0.05) is 12.1 Å². The zero-order valence-corrected chi connectivity index (χ0v) is 17.5. The Bertz CT molecular complexity index is 961. The van der Waals surface area contributed by atoms with Crippen molar-refractivity contribution in [1.29, 1.82) is 0 Å². The summed E-state index contributed by atoms with van der Waals surface area (Å²) in [6, 6.07) is 11.3. The van der Waals surface area contributed by atoms with Crippen molar-refractivity contribution in [3.05, 3.63) is 59.7 Å². The molecule has 6 nitrogen and oxygen atoms in total. The second-order valence-corrected chi connectivity index (χ2v) is 8.71. The fourth-order valence-corrected chi connectivity index (χ4v) is 3.35. The van der Waals surface area contributed by atoms with Gasteiger partial charge in [-0.15, -0.1) is 0 Å². The van der Waals surface area contributed by atoms with E-state index in [0.29, 0.717) is 22.6 Å². The van der Waals surface area contributed by atoms with Crippen LogP contribution in [0.25, 0.3) is 6.08 Å². The third kappa shape index (κ3) is 4.99. The van der Waals surface area contributed by atoms with Gasteiger partial charge in [0.2, 0.25) is 10.0 Å². The molecule has 0 saturated carbocycles. The topological polar surface area (TPSA) is 72.9 Å². The second-order valence-electron chi connectivity index (χ2n) is 6.55. The van der Waals surface area contributed by atoms with Gasteiger partial charge in [-0.2, -0.15) is 0 Å². The molecule has 0 radical (unpaired) electrons. The third-order valence-electron chi connectivity index (χ3n) is 3.91. The summed E-state index contributed by atoms with van der Waals surface area (Å²) in [7, 11) is 0.955. The lowest BCUT2D eigenvalue weighted by molar-refractivity contribution is 0.104. The molecule has 0 amide bonds. The van der Waals surface area contributed by atoms with E-state index in [-0.39, 0.29) is 16.8 Å². The van der Waals surface area contributed by atoms with E-state index < -0.39 is 10.0 Å². The predicted octanol–water partition coefficient (Wildman–Crippen LogP) is 3.63. The van der Waals surface area contributed by atoms with Crippen molar-refractivity contribution in [1.82, 2.24) is 4.31 Å². The average Bonchev–Trinajstić information content (AvgIpc) is 2.66. The Labute approximate surface area is 166 Å². The van der Waals surface area contributed by atoms with E-state index in [4.69, 9.17) is 9.47 Å². The maximum Gasteiger partial charge on any atom is 0.242 e. The summed E-state index contributed by atoms with van der Waals surface area (Å²) in [5.41, 5.74) is 1.11. The monoisotopic (exact) mass is 403 g/mol. The van der Waals surface area contributed by atoms with E-state index in [0.717, 1.165) is 4.31 Å². The smallest absolute Gasteiger partial charge is 0.242 e. The van der Waals surface area contributed by atoms with Crippen LogP contribution in [0.5, 0.6) is 11.5 Å². The van der Waals surface area contributed by atoms with Gasteiger partial charge in [-0.25, -0.2) is 12.7 Å². The second kappa shape index (κ2) is 9.03. The van der Waals surface area contributed by atoms with Crippen LogP contribution in [-0.4, -0.2) is 45.8 Å². The summed E-state index contributed by atoms with van der Waals surface area (Å²) in [4.78, 5) is 12.6. The molecule has 0 heterocycles. The fraction of sp³-hybridized carbons (Fsp3) is 0.286. The Morgan fingerprint density at radius 1 is 1.07 bits per heavy atom. The molecule has 0 aliphatic carbocycles. The summed E-state index contributed by atoms with van der Waals surface area (Å²) in [5.74, 6) is 0.908. The van der Waals surface area contributed by atoms with Crippen LogP contribution in [0.2, 0.25) is 0 Å². The standard InChI is InChI=1S/C21H25NO5S/c1-15(2)27-21-17(7-6-8-20(21)26-5)11-14-19(23)16-9-12-18(13-10-16)28(24,25)22(3)4/h6-15H,1-5H3/b14-11+. The van der Waals surface area contributed by atoms with Crippen LogP contribution in [-0.2, 0) is 10.0 Å². The molecule has 2 aromatic carbocycles. The predicted molar refractivity (Wildman–Crippen MR) is 109 cm³/mol. The Balaban J connectivity index is 2.27. The lowest BCUT2D eigenvalue weighted by atomic mass is 10.1. The molecule has 0 bridgehead atoms. The van der Waals surface area contributed by atoms with Gasteiger partial charge in [-0.05, 0) is 56.3 Å². The molecule has 0 aromatic heterocycles. The number of para-hydroxylation sites is 1. The quantitative estimate of drug-likeness (QED) is 0.497. The highest BCUT2D eigenvalue weighted by atomic mass is 32.2. The molecular weight excluding hydrogens is 378 g/mol. The number of carbonyl (C=O) groups is 1. The van der Waals surface area contributed by atoms with Crippen molar-refractivity contribution in [3.63, 3.8) is 0 Å². The van der Waals surface area contributed by atoms with E-state index >= 15 is 0 Å². The molecule has 150 valence electrons. The maximum absolute atomic E-state index is 12.5. The minimum Gasteiger partial charge on any atom is -0.493 e. The van der Waals surface area contributed by atoms with E-state index in [9.17, 15) is 13.2 Å². The molecule has 0 unspecified atom stereocenters. The van der Waals surface area contributed by atoms with E-state index in [1.807, 2.05) is 26.0 Å². The average molecular weight is 404 g/mol. The van der Waals surface area contributed by atoms with Crippen molar-refractivity contribution < 1.29 is 22.7 Å². The molecule has 0 aliphatic rings. The Hall–Kier alpha value is -2.64. The SMILES string of the molecule is COc1cccc(/C=C/C(=O)c2ccc(S(=O)(=O)N(C)C)cc2)c1OC(C)C. The van der Waals surface area contributed by atoms with Crippen LogP contribution < -0.4 is 9.47 Å². The molecule has 0 aliphatic heterocycles. The van der Waals surface area contributed by atoms with Crippen molar-refractivity contribution in [2.24, 2.45) is 0 Å². The highest BCUT2D eigenvalue weighted by Crippen LogP contribution is 2.33. The fourth-order valence-electron chi connectivity index (χ4n) is 2.45. The highest BCUT2D eigenvalue weighted by molar-refractivity contribution is 7.89. The summed E-state index contributed by atoms with van der Waals surface area (Å²) >= 11 is 0. The molecule has 0 atom stereocenters. The Kier molecular flexibility index (Phi) is 6.99. The Morgan fingerprint density at radius 2 is 1.71 bits per heavy atom. The van der Waals surface area contributed by atoms with Crippen LogP contribution >= 0.6 is 0 Å². The first-order chi connectivity index (χ1) is 13.2. The first-order valence-corrected chi connectivity index (χ1v) is 10.2. The van der Waals surface area contributed by atoms with Crippen LogP contribution in [0.4, 0.5) is 0 Å². The summed E-state index contributed by atoms with van der Waals surface area (Å²) in [5, 5.41) is 0. The van der Waals surface area contributed by atoms with Gasteiger partial charge in [0, 0.05) is 25.2 Å². The normalized spacial score (nSPS) is 12.0. The van der Waals surface area contributed by atoms with Crippen LogP contribution in [0.1, 0.15) is 29.8 Å². The lowest BCUT2D eigenvalue weighted by Crippen LogP contribution is -2.22. The third-order valence-corrected chi connectivity index (χ3v) is 5.74. The first-order valence-electron chi connectivity index (χ1n) is 8.75. The largest absolute Gasteiger partial charge is 0.493 e. The van der Waals surface area contributed by atoms with Gasteiger partial charge in [0.05, 0.1) is 18.1 Å². The molecule has 0 saturated heterocycles. The molecule has 2 rings (SSSR count). The van der Waals surface area contributed by atoms with Gasteiger partial charge in [-0.3, -0.25) is 4.79 Å². The van der Waals surface area contributed by atoms with Gasteiger partial charge >= 0.3 is 0 Å². The van der Waals surface area contributed by atoms with Crippen molar-refractivity contribution in [2.75, 3.05) is 21.2 Å². The number of ketones is 1. The molecule has 28 heavy (non-hydrogen) atoms. The van der Waals surface area contributed by atoms with Gasteiger partial charge in [0.15, 0.2) is 17.3 Å². The number of methoxy groups -OCH3 is 1. The van der Waals surface area contributed by atoms with Crippen molar-refractivity contribution in [2.45, 2.75) is 24.8 Å². The number of ether oxygens (including phenoxy) is 2. The number of hydrogen-bond donors (Lipinski definition) is 0. The van der Waals surface area contributed by atoms with Crippen LogP contribution in [0.15, 0.2) is 53.4 Å². The molecular formula is C21H25NO5S. The first kappa shape index (κ1) is 21.7. The minimum absolute atomic E-state index is 0.0506. The van der Waals surface area contributed by atoms with Gasteiger partial charge < -0.3 is 9.47 Å². The van der Waals surface area contributed by atoms with Crippen LogP contribution in [0, 0.1) is 0 Å². The van der Waals surface area contributed by atoms with E-state index in [1.165, 1.54) is 44.4 Å². The highest BCUT2D eigenvalue weighted by Gasteiger charge is 2.17. The maximum atomic E-state index is 12.5. The van der Waals surface area contributed by atoms with Crippen molar-refractivity contribution in [3.8, 4) is 11.5 Å². The number of hydrogen-bond acceptors (Lipinski definition) is 5. The molecule has 0 fully saturated rings. The number of sulfonamides is 1. The minimum atomic E-state index is -3.53. The summed E-state index contributed by atoms with van der Waals surface area (Å²) in [6.45, 7) is 3.82. The number of nitrogens with zero attached hydrogens (tertiary/aromatic N) is 1. The number of carbonyl (C=O) groups excluding carboxylic acids is 1. The van der Waals surface area contributed by atoms with Gasteiger partial charge in [0.25, 0.3) is 0 Å². The molecule has 2 aromatic rings. The van der Waals surface area contributed by atoms with Crippen molar-refractivity contribution >= 4 is 21.9 Å².